The lowest BCUT2D eigenvalue weighted by Gasteiger charge is -2.14. The van der Waals surface area contributed by atoms with Crippen LogP contribution in [0.15, 0.2) is 36.4 Å². The molecule has 3 rings (SSSR count). The van der Waals surface area contributed by atoms with Gasteiger partial charge in [-0.3, -0.25) is 0 Å². The third-order valence-electron chi connectivity index (χ3n) is 3.98. The van der Waals surface area contributed by atoms with Crippen LogP contribution < -0.4 is 10.1 Å². The molecule has 2 nitrogen and oxygen atoms in total. The van der Waals surface area contributed by atoms with Crippen LogP contribution in [-0.4, -0.2) is 25.2 Å². The third-order valence-corrected chi connectivity index (χ3v) is 5.21. The van der Waals surface area contributed by atoms with Gasteiger partial charge in [-0.25, -0.2) is 0 Å². The van der Waals surface area contributed by atoms with Crippen molar-refractivity contribution in [2.24, 2.45) is 5.92 Å². The first kappa shape index (κ1) is 13.8. The zero-order chi connectivity index (χ0) is 13.8. The van der Waals surface area contributed by atoms with Gasteiger partial charge in [0.05, 0.1) is 7.11 Å². The predicted molar refractivity (Wildman–Crippen MR) is 87.6 cm³/mol. The second kappa shape index (κ2) is 6.51. The molecule has 1 saturated heterocycles. The Morgan fingerprint density at radius 1 is 1.25 bits per heavy atom. The topological polar surface area (TPSA) is 21.3 Å². The van der Waals surface area contributed by atoms with Crippen molar-refractivity contribution >= 4 is 22.5 Å². The van der Waals surface area contributed by atoms with Gasteiger partial charge >= 0.3 is 0 Å². The van der Waals surface area contributed by atoms with Crippen LogP contribution in [0.4, 0.5) is 0 Å². The quantitative estimate of drug-likeness (QED) is 0.906. The van der Waals surface area contributed by atoms with Crippen LogP contribution in [0.1, 0.15) is 12.0 Å². The monoisotopic (exact) mass is 287 g/mol. The van der Waals surface area contributed by atoms with E-state index in [1.807, 2.05) is 0 Å². The van der Waals surface area contributed by atoms with Crippen molar-refractivity contribution in [1.29, 1.82) is 0 Å². The fourth-order valence-electron chi connectivity index (χ4n) is 2.84. The first-order valence-electron chi connectivity index (χ1n) is 7.21. The zero-order valence-electron chi connectivity index (χ0n) is 11.9. The Labute approximate surface area is 124 Å². The number of hydrogen-bond acceptors (Lipinski definition) is 3. The molecular formula is C17H21NOS. The van der Waals surface area contributed by atoms with Crippen LogP contribution in [0.2, 0.25) is 0 Å². The molecule has 1 N–H and O–H groups in total. The number of thioether (sulfide) groups is 1. The molecule has 106 valence electrons. The highest BCUT2D eigenvalue weighted by Gasteiger charge is 2.15. The second-order valence-corrected chi connectivity index (χ2v) is 6.48. The smallest absolute Gasteiger partial charge is 0.123 e. The van der Waals surface area contributed by atoms with Gasteiger partial charge in [0.2, 0.25) is 0 Å². The molecule has 0 aliphatic carbocycles. The normalized spacial score (nSPS) is 18.6. The second-order valence-electron chi connectivity index (χ2n) is 5.33. The molecule has 0 aromatic heterocycles. The van der Waals surface area contributed by atoms with Crippen LogP contribution in [0.25, 0.3) is 10.8 Å². The van der Waals surface area contributed by atoms with Crippen molar-refractivity contribution in [3.8, 4) is 5.75 Å². The fraction of sp³-hybridized carbons (Fsp3) is 0.412. The summed E-state index contributed by atoms with van der Waals surface area (Å²) in [4.78, 5) is 0. The summed E-state index contributed by atoms with van der Waals surface area (Å²) in [5.41, 5.74) is 1.27. The SMILES string of the molecule is COc1ccc2ccccc2c1CNCC1CCSC1. The molecule has 1 aliphatic rings. The van der Waals surface area contributed by atoms with E-state index in [4.69, 9.17) is 4.74 Å². The van der Waals surface area contributed by atoms with Gasteiger partial charge < -0.3 is 10.1 Å². The molecule has 3 heteroatoms. The van der Waals surface area contributed by atoms with Gasteiger partial charge in [-0.15, -0.1) is 0 Å². The van der Waals surface area contributed by atoms with E-state index in [9.17, 15) is 0 Å². The van der Waals surface area contributed by atoms with E-state index >= 15 is 0 Å². The van der Waals surface area contributed by atoms with Gasteiger partial charge in [-0.05, 0) is 47.2 Å². The molecule has 1 heterocycles. The van der Waals surface area contributed by atoms with E-state index < -0.39 is 0 Å². The van der Waals surface area contributed by atoms with Crippen molar-refractivity contribution in [2.45, 2.75) is 13.0 Å². The molecule has 1 aliphatic heterocycles. The number of nitrogens with one attached hydrogen (secondary N) is 1. The van der Waals surface area contributed by atoms with E-state index in [1.165, 1.54) is 34.3 Å². The van der Waals surface area contributed by atoms with Crippen molar-refractivity contribution in [3.05, 3.63) is 42.0 Å². The minimum Gasteiger partial charge on any atom is -0.496 e. The van der Waals surface area contributed by atoms with Gasteiger partial charge in [-0.1, -0.05) is 30.3 Å². The lowest BCUT2D eigenvalue weighted by Crippen LogP contribution is -2.22. The van der Waals surface area contributed by atoms with Crippen LogP contribution >= 0.6 is 11.8 Å². The van der Waals surface area contributed by atoms with Gasteiger partial charge in [0.25, 0.3) is 0 Å². The summed E-state index contributed by atoms with van der Waals surface area (Å²) in [6.07, 6.45) is 1.35. The molecule has 1 unspecified atom stereocenters. The summed E-state index contributed by atoms with van der Waals surface area (Å²) >= 11 is 2.07. The maximum absolute atomic E-state index is 5.53. The molecule has 0 spiro atoms. The first-order chi connectivity index (χ1) is 9.88. The first-order valence-corrected chi connectivity index (χ1v) is 8.37. The van der Waals surface area contributed by atoms with E-state index in [0.717, 1.165) is 24.8 Å². The lowest BCUT2D eigenvalue weighted by molar-refractivity contribution is 0.407. The van der Waals surface area contributed by atoms with Crippen molar-refractivity contribution < 1.29 is 4.74 Å². The molecule has 0 bridgehead atoms. The minimum absolute atomic E-state index is 0.834. The molecule has 2 aromatic rings. The van der Waals surface area contributed by atoms with E-state index in [2.05, 4.69) is 53.5 Å². The molecule has 1 atom stereocenters. The van der Waals surface area contributed by atoms with Gasteiger partial charge in [0.1, 0.15) is 5.75 Å². The molecule has 0 amide bonds. The Morgan fingerprint density at radius 2 is 2.15 bits per heavy atom. The molecule has 2 aromatic carbocycles. The largest absolute Gasteiger partial charge is 0.496 e. The van der Waals surface area contributed by atoms with Gasteiger partial charge in [0.15, 0.2) is 0 Å². The Morgan fingerprint density at radius 3 is 2.95 bits per heavy atom. The highest BCUT2D eigenvalue weighted by Crippen LogP contribution is 2.28. The summed E-state index contributed by atoms with van der Waals surface area (Å²) < 4.78 is 5.53. The maximum Gasteiger partial charge on any atom is 0.123 e. The average Bonchev–Trinajstić information content (AvgIpc) is 3.00. The van der Waals surface area contributed by atoms with E-state index in [-0.39, 0.29) is 0 Å². The zero-order valence-corrected chi connectivity index (χ0v) is 12.7. The number of fused-ring (bicyclic) bond motifs is 1. The predicted octanol–water partition coefficient (Wildman–Crippen LogP) is 3.69. The van der Waals surface area contributed by atoms with Gasteiger partial charge in [0, 0.05) is 12.1 Å². The summed E-state index contributed by atoms with van der Waals surface area (Å²) in [7, 11) is 1.75. The summed E-state index contributed by atoms with van der Waals surface area (Å²) in [5, 5.41) is 6.19. The highest BCUT2D eigenvalue weighted by molar-refractivity contribution is 7.99. The Hall–Kier alpha value is -1.19. The minimum atomic E-state index is 0.834. The lowest BCUT2D eigenvalue weighted by atomic mass is 10.0. The van der Waals surface area contributed by atoms with E-state index in [1.54, 1.807) is 7.11 Å². The van der Waals surface area contributed by atoms with E-state index in [0.29, 0.717) is 0 Å². The summed E-state index contributed by atoms with van der Waals surface area (Å²) in [5.74, 6) is 4.45. The van der Waals surface area contributed by atoms with Crippen LogP contribution in [0.3, 0.4) is 0 Å². The summed E-state index contributed by atoms with van der Waals surface area (Å²) in [6.45, 7) is 1.99. The number of methoxy groups -OCH3 is 1. The average molecular weight is 287 g/mol. The van der Waals surface area contributed by atoms with Crippen molar-refractivity contribution in [1.82, 2.24) is 5.32 Å². The fourth-order valence-corrected chi connectivity index (χ4v) is 4.12. The molecule has 0 radical (unpaired) electrons. The number of benzene rings is 2. The number of rotatable bonds is 5. The van der Waals surface area contributed by atoms with Crippen LogP contribution in [-0.2, 0) is 6.54 Å². The molecule has 0 saturated carbocycles. The molecular weight excluding hydrogens is 266 g/mol. The molecule has 20 heavy (non-hydrogen) atoms. The Kier molecular flexibility index (Phi) is 4.48. The number of ether oxygens (including phenoxy) is 1. The van der Waals surface area contributed by atoms with Crippen molar-refractivity contribution in [3.63, 3.8) is 0 Å². The standard InChI is InChI=1S/C17H21NOS/c1-19-17-7-6-14-4-2-3-5-15(14)16(17)11-18-10-13-8-9-20-12-13/h2-7,13,18H,8-12H2,1H3. The van der Waals surface area contributed by atoms with Crippen molar-refractivity contribution in [2.75, 3.05) is 25.2 Å². The Bertz CT molecular complexity index is 578. The van der Waals surface area contributed by atoms with Crippen LogP contribution in [0.5, 0.6) is 5.75 Å². The third kappa shape index (κ3) is 2.94. The molecule has 1 fully saturated rings. The Balaban J connectivity index is 1.77. The van der Waals surface area contributed by atoms with Gasteiger partial charge in [-0.2, -0.15) is 11.8 Å². The van der Waals surface area contributed by atoms with Crippen LogP contribution in [0, 0.1) is 5.92 Å². The summed E-state index contributed by atoms with van der Waals surface area (Å²) in [6, 6.07) is 12.7. The number of hydrogen-bond donors (Lipinski definition) is 1. The maximum atomic E-state index is 5.53. The highest BCUT2D eigenvalue weighted by atomic mass is 32.2.